The van der Waals surface area contributed by atoms with Gasteiger partial charge in [-0.05, 0) is 111 Å². The van der Waals surface area contributed by atoms with E-state index >= 15 is 0 Å². The highest BCUT2D eigenvalue weighted by molar-refractivity contribution is 5.45. The Morgan fingerprint density at radius 2 is 1.74 bits per heavy atom. The van der Waals surface area contributed by atoms with Crippen LogP contribution in [0.1, 0.15) is 79.5 Å². The van der Waals surface area contributed by atoms with Crippen LogP contribution in [0.4, 0.5) is 8.78 Å². The van der Waals surface area contributed by atoms with E-state index in [1.54, 1.807) is 31.2 Å². The van der Waals surface area contributed by atoms with E-state index in [0.29, 0.717) is 22.6 Å². The lowest BCUT2D eigenvalue weighted by Crippen LogP contribution is -2.30. The van der Waals surface area contributed by atoms with Gasteiger partial charge in [-0.2, -0.15) is 0 Å². The van der Waals surface area contributed by atoms with Gasteiger partial charge in [0.1, 0.15) is 11.6 Å². The molecule has 2 aromatic rings. The summed E-state index contributed by atoms with van der Waals surface area (Å²) in [5.41, 5.74) is 2.63. The topological polar surface area (TPSA) is 0 Å². The number of fused-ring (bicyclic) bond motifs is 1. The Hall–Kier alpha value is -2.40. The Kier molecular flexibility index (Phi) is 6.91. The summed E-state index contributed by atoms with van der Waals surface area (Å²) in [5, 5.41) is 0. The monoisotopic (exact) mass is 418 g/mol. The third kappa shape index (κ3) is 5.27. The lowest BCUT2D eigenvalue weighted by Gasteiger charge is -2.42. The molecular formula is C29H32F2. The van der Waals surface area contributed by atoms with Crippen molar-refractivity contribution in [1.29, 1.82) is 0 Å². The molecule has 0 bridgehead atoms. The van der Waals surface area contributed by atoms with Crippen molar-refractivity contribution in [2.45, 2.75) is 64.2 Å². The van der Waals surface area contributed by atoms with Crippen LogP contribution in [0.5, 0.6) is 0 Å². The van der Waals surface area contributed by atoms with Gasteiger partial charge in [0, 0.05) is 5.56 Å². The Bertz CT molecular complexity index is 994. The van der Waals surface area contributed by atoms with Gasteiger partial charge in [0.2, 0.25) is 0 Å². The first-order valence-corrected chi connectivity index (χ1v) is 11.7. The summed E-state index contributed by atoms with van der Waals surface area (Å²) in [5.74, 6) is 8.17. The van der Waals surface area contributed by atoms with Crippen molar-refractivity contribution >= 4 is 0 Å². The van der Waals surface area contributed by atoms with E-state index in [4.69, 9.17) is 0 Å². The molecule has 2 saturated carbocycles. The summed E-state index contributed by atoms with van der Waals surface area (Å²) in [6.45, 7) is 5.58. The van der Waals surface area contributed by atoms with Gasteiger partial charge in [-0.3, -0.25) is 0 Å². The average Bonchev–Trinajstić information content (AvgIpc) is 2.78. The first-order chi connectivity index (χ1) is 15.0. The number of aryl methyl sites for hydroxylation is 1. The summed E-state index contributed by atoms with van der Waals surface area (Å²) in [4.78, 5) is 0. The van der Waals surface area contributed by atoms with Crippen LogP contribution in [0.2, 0.25) is 0 Å². The summed E-state index contributed by atoms with van der Waals surface area (Å²) in [6, 6.07) is 10.4. The molecule has 0 amide bonds. The van der Waals surface area contributed by atoms with Crippen LogP contribution in [0.15, 0.2) is 49.1 Å². The Morgan fingerprint density at radius 3 is 2.52 bits per heavy atom. The predicted octanol–water partition coefficient (Wildman–Crippen LogP) is 7.94. The van der Waals surface area contributed by atoms with Gasteiger partial charge in [-0.15, -0.1) is 6.58 Å². The van der Waals surface area contributed by atoms with E-state index in [2.05, 4.69) is 18.4 Å². The highest BCUT2D eigenvalue weighted by atomic mass is 19.1. The fourth-order valence-corrected chi connectivity index (χ4v) is 5.60. The predicted molar refractivity (Wildman–Crippen MR) is 124 cm³/mol. The molecule has 4 rings (SSSR count). The Labute approximate surface area is 185 Å². The van der Waals surface area contributed by atoms with E-state index < -0.39 is 0 Å². The second-order valence-corrected chi connectivity index (χ2v) is 9.53. The largest absolute Gasteiger partial charge is 0.207 e. The maximum absolute atomic E-state index is 14.8. The average molecular weight is 419 g/mol. The molecule has 2 aromatic carbocycles. The smallest absolute Gasteiger partial charge is 0.139 e. The van der Waals surface area contributed by atoms with Crippen LogP contribution in [0.25, 0.3) is 0 Å². The molecule has 0 heterocycles. The maximum Gasteiger partial charge on any atom is 0.139 e. The SMILES string of the molecule is C=CCCC1CCC2CC(c3ccc(C#Cc4ccc(C)c(F)c4)c(F)c3)CCC2C1. The van der Waals surface area contributed by atoms with Gasteiger partial charge >= 0.3 is 0 Å². The quantitative estimate of drug-likeness (QED) is 0.349. The third-order valence-corrected chi connectivity index (χ3v) is 7.48. The highest BCUT2D eigenvalue weighted by Crippen LogP contribution is 2.48. The van der Waals surface area contributed by atoms with Gasteiger partial charge in [0.05, 0.1) is 5.56 Å². The Morgan fingerprint density at radius 1 is 0.935 bits per heavy atom. The molecule has 2 heteroatoms. The third-order valence-electron chi connectivity index (χ3n) is 7.48. The first kappa shape index (κ1) is 21.8. The number of rotatable bonds is 4. The van der Waals surface area contributed by atoms with E-state index in [9.17, 15) is 8.78 Å². The fraction of sp³-hybridized carbons (Fsp3) is 0.448. The lowest BCUT2D eigenvalue weighted by molar-refractivity contribution is 0.115. The minimum Gasteiger partial charge on any atom is -0.207 e. The van der Waals surface area contributed by atoms with E-state index in [1.807, 2.05) is 12.1 Å². The van der Waals surface area contributed by atoms with Gasteiger partial charge in [-0.25, -0.2) is 8.78 Å². The zero-order valence-electron chi connectivity index (χ0n) is 18.5. The minimum atomic E-state index is -0.284. The molecule has 2 aliphatic carbocycles. The zero-order chi connectivity index (χ0) is 21.8. The minimum absolute atomic E-state index is 0.271. The van der Waals surface area contributed by atoms with Gasteiger partial charge in [0.25, 0.3) is 0 Å². The highest BCUT2D eigenvalue weighted by Gasteiger charge is 2.35. The fourth-order valence-electron chi connectivity index (χ4n) is 5.60. The van der Waals surface area contributed by atoms with Crippen molar-refractivity contribution in [3.63, 3.8) is 0 Å². The molecule has 162 valence electrons. The van der Waals surface area contributed by atoms with Gasteiger partial charge in [-0.1, -0.05) is 36.5 Å². The molecule has 4 unspecified atom stereocenters. The van der Waals surface area contributed by atoms with Crippen LogP contribution < -0.4 is 0 Å². The molecule has 2 fully saturated rings. The molecule has 0 aliphatic heterocycles. The molecule has 0 saturated heterocycles. The van der Waals surface area contributed by atoms with E-state index in [0.717, 1.165) is 36.2 Å². The Balaban J connectivity index is 1.41. The molecule has 0 nitrogen and oxygen atoms in total. The van der Waals surface area contributed by atoms with Gasteiger partial charge in [0.15, 0.2) is 0 Å². The number of halogens is 2. The zero-order valence-corrected chi connectivity index (χ0v) is 18.5. The number of allylic oxidation sites excluding steroid dienone is 1. The summed E-state index contributed by atoms with van der Waals surface area (Å²) < 4.78 is 28.5. The summed E-state index contributed by atoms with van der Waals surface area (Å²) >= 11 is 0. The van der Waals surface area contributed by atoms with Crippen molar-refractivity contribution < 1.29 is 8.78 Å². The number of benzene rings is 2. The van der Waals surface area contributed by atoms with Crippen molar-refractivity contribution in [2.75, 3.05) is 0 Å². The molecule has 2 aliphatic rings. The van der Waals surface area contributed by atoms with Crippen LogP contribution in [-0.4, -0.2) is 0 Å². The van der Waals surface area contributed by atoms with Crippen molar-refractivity contribution in [1.82, 2.24) is 0 Å². The first-order valence-electron chi connectivity index (χ1n) is 11.7. The summed E-state index contributed by atoms with van der Waals surface area (Å²) in [6.07, 6.45) is 12.1. The number of hydrogen-bond donors (Lipinski definition) is 0. The molecule has 31 heavy (non-hydrogen) atoms. The van der Waals surface area contributed by atoms with Crippen molar-refractivity contribution in [3.05, 3.63) is 82.9 Å². The van der Waals surface area contributed by atoms with Crippen molar-refractivity contribution in [2.24, 2.45) is 17.8 Å². The normalized spacial score (nSPS) is 25.3. The second kappa shape index (κ2) is 9.82. The van der Waals surface area contributed by atoms with Crippen LogP contribution in [0.3, 0.4) is 0 Å². The van der Waals surface area contributed by atoms with E-state index in [-0.39, 0.29) is 11.6 Å². The molecule has 4 atom stereocenters. The van der Waals surface area contributed by atoms with Crippen LogP contribution in [0, 0.1) is 48.2 Å². The lowest BCUT2D eigenvalue weighted by atomic mass is 9.63. The molecule has 0 aromatic heterocycles. The second-order valence-electron chi connectivity index (χ2n) is 9.53. The molecule has 0 radical (unpaired) electrons. The van der Waals surface area contributed by atoms with Crippen LogP contribution in [-0.2, 0) is 0 Å². The molecule has 0 spiro atoms. The molecular weight excluding hydrogens is 386 g/mol. The standard InChI is InChI=1S/C29H32F2/c1-3-4-5-21-9-11-25-18-26(15-14-24(25)16-21)27-13-12-23(29(31)19-27)10-8-22-7-6-20(2)28(30)17-22/h3,6-7,12-13,17,19,21,24-26H,1,4-5,9,11,14-16,18H2,2H3. The van der Waals surface area contributed by atoms with Gasteiger partial charge < -0.3 is 0 Å². The van der Waals surface area contributed by atoms with Crippen LogP contribution >= 0.6 is 0 Å². The summed E-state index contributed by atoms with van der Waals surface area (Å²) in [7, 11) is 0. The molecule has 0 N–H and O–H groups in total. The maximum atomic E-state index is 14.8. The van der Waals surface area contributed by atoms with E-state index in [1.165, 1.54) is 44.6 Å². The number of hydrogen-bond acceptors (Lipinski definition) is 0. The van der Waals surface area contributed by atoms with Crippen molar-refractivity contribution in [3.8, 4) is 11.8 Å².